The van der Waals surface area contributed by atoms with Crippen molar-refractivity contribution in [1.82, 2.24) is 19.8 Å². The molecule has 30 heavy (non-hydrogen) atoms. The molecule has 1 amide bonds. The lowest BCUT2D eigenvalue weighted by molar-refractivity contribution is 0.102. The zero-order valence-electron chi connectivity index (χ0n) is 17.1. The van der Waals surface area contributed by atoms with Gasteiger partial charge in [-0.25, -0.2) is 0 Å². The molecule has 8 heteroatoms. The van der Waals surface area contributed by atoms with Crippen LogP contribution in [0.5, 0.6) is 5.75 Å². The Morgan fingerprint density at radius 3 is 2.80 bits per heavy atom. The maximum Gasteiger partial charge on any atom is 0.255 e. The molecule has 0 unspecified atom stereocenters. The van der Waals surface area contributed by atoms with Gasteiger partial charge in [0.15, 0.2) is 5.82 Å². The third-order valence-electron chi connectivity index (χ3n) is 4.75. The molecule has 0 aliphatic heterocycles. The largest absolute Gasteiger partial charge is 0.491 e. The number of carbonyl (C=O) groups excluding carboxylic acids is 1. The number of hydrogen-bond acceptors (Lipinski definition) is 6. The maximum absolute atomic E-state index is 12.8. The third kappa shape index (κ3) is 4.18. The lowest BCUT2D eigenvalue weighted by atomic mass is 10.1. The Kier molecular flexibility index (Phi) is 5.76. The molecule has 4 aromatic rings. The van der Waals surface area contributed by atoms with Gasteiger partial charge in [0.1, 0.15) is 10.8 Å². The highest BCUT2D eigenvalue weighted by Crippen LogP contribution is 2.28. The van der Waals surface area contributed by atoms with Crippen molar-refractivity contribution in [2.24, 2.45) is 0 Å². The molecule has 1 atom stereocenters. The number of nitrogens with zero attached hydrogens (tertiary/aromatic N) is 4. The Balaban J connectivity index is 1.53. The number of anilines is 1. The zero-order chi connectivity index (χ0) is 21.1. The molecule has 2 aromatic carbocycles. The zero-order valence-corrected chi connectivity index (χ0v) is 17.9. The van der Waals surface area contributed by atoms with Crippen molar-refractivity contribution in [1.29, 1.82) is 0 Å². The molecule has 0 saturated heterocycles. The monoisotopic (exact) mass is 421 g/mol. The van der Waals surface area contributed by atoms with Crippen molar-refractivity contribution in [3.63, 3.8) is 0 Å². The Bertz CT molecular complexity index is 1180. The van der Waals surface area contributed by atoms with Crippen molar-refractivity contribution in [2.45, 2.75) is 39.7 Å². The summed E-state index contributed by atoms with van der Waals surface area (Å²) in [7, 11) is 0. The summed E-state index contributed by atoms with van der Waals surface area (Å²) in [6, 6.07) is 14.9. The standard InChI is InChI=1S/C22H23N5O2S/c1-4-14(3)29-18-11-7-8-15(13-18)20(28)23-17-10-6-9-16(12-17)21-26-27-19(5-2)24-25-22(27)30-21/h6-14H,4-5H2,1-3H3,(H,23,28)/t14-/m0/s1. The number of fused-ring (bicyclic) bond motifs is 1. The lowest BCUT2D eigenvalue weighted by Gasteiger charge is -2.13. The molecule has 0 fully saturated rings. The van der Waals surface area contributed by atoms with Crippen molar-refractivity contribution in [3.8, 4) is 16.3 Å². The molecule has 0 aliphatic carbocycles. The van der Waals surface area contributed by atoms with Crippen LogP contribution in [0.2, 0.25) is 0 Å². The number of amides is 1. The summed E-state index contributed by atoms with van der Waals surface area (Å²) < 4.78 is 7.59. The van der Waals surface area contributed by atoms with Gasteiger partial charge in [-0.05, 0) is 43.7 Å². The van der Waals surface area contributed by atoms with Gasteiger partial charge in [0.25, 0.3) is 5.91 Å². The molecule has 0 radical (unpaired) electrons. The van der Waals surface area contributed by atoms with Gasteiger partial charge in [-0.1, -0.05) is 43.4 Å². The first kappa shape index (κ1) is 20.0. The minimum atomic E-state index is -0.187. The summed E-state index contributed by atoms with van der Waals surface area (Å²) in [6.07, 6.45) is 1.77. The average Bonchev–Trinajstić information content (AvgIpc) is 3.35. The fourth-order valence-electron chi connectivity index (χ4n) is 2.95. The van der Waals surface area contributed by atoms with Gasteiger partial charge in [-0.2, -0.15) is 9.61 Å². The van der Waals surface area contributed by atoms with Crippen LogP contribution in [0.4, 0.5) is 5.69 Å². The molecule has 2 heterocycles. The number of benzene rings is 2. The molecule has 154 valence electrons. The van der Waals surface area contributed by atoms with E-state index in [0.717, 1.165) is 34.2 Å². The minimum absolute atomic E-state index is 0.0998. The second-order valence-corrected chi connectivity index (χ2v) is 7.93. The van der Waals surface area contributed by atoms with Gasteiger partial charge in [0, 0.05) is 23.2 Å². The summed E-state index contributed by atoms with van der Waals surface area (Å²) in [4.78, 5) is 13.5. The summed E-state index contributed by atoms with van der Waals surface area (Å²) in [6.45, 7) is 6.09. The highest BCUT2D eigenvalue weighted by molar-refractivity contribution is 7.19. The number of rotatable bonds is 7. The number of carbonyl (C=O) groups is 1. The van der Waals surface area contributed by atoms with E-state index in [-0.39, 0.29) is 12.0 Å². The van der Waals surface area contributed by atoms with E-state index in [1.54, 1.807) is 16.6 Å². The van der Waals surface area contributed by atoms with Crippen LogP contribution < -0.4 is 10.1 Å². The molecular weight excluding hydrogens is 398 g/mol. The molecule has 2 aromatic heterocycles. The van der Waals surface area contributed by atoms with Crippen molar-refractivity contribution in [3.05, 3.63) is 59.9 Å². The molecule has 4 rings (SSSR count). The van der Waals surface area contributed by atoms with Gasteiger partial charge in [-0.15, -0.1) is 10.2 Å². The quantitative estimate of drug-likeness (QED) is 0.462. The van der Waals surface area contributed by atoms with Gasteiger partial charge >= 0.3 is 0 Å². The fourth-order valence-corrected chi connectivity index (χ4v) is 3.81. The second-order valence-electron chi connectivity index (χ2n) is 6.97. The predicted molar refractivity (Wildman–Crippen MR) is 118 cm³/mol. The Hall–Kier alpha value is -3.26. The van der Waals surface area contributed by atoms with E-state index in [2.05, 4.69) is 27.5 Å². The van der Waals surface area contributed by atoms with E-state index in [0.29, 0.717) is 17.0 Å². The van der Waals surface area contributed by atoms with Crippen LogP contribution in [0.1, 0.15) is 43.4 Å². The predicted octanol–water partition coefficient (Wildman–Crippen LogP) is 4.84. The smallest absolute Gasteiger partial charge is 0.255 e. The summed E-state index contributed by atoms with van der Waals surface area (Å²) in [5, 5.41) is 16.7. The minimum Gasteiger partial charge on any atom is -0.491 e. The molecule has 1 N–H and O–H groups in total. The fraction of sp³-hybridized carbons (Fsp3) is 0.273. The van der Waals surface area contributed by atoms with E-state index in [1.807, 2.05) is 50.2 Å². The number of hydrogen-bond donors (Lipinski definition) is 1. The normalized spacial score (nSPS) is 12.1. The Morgan fingerprint density at radius 1 is 1.17 bits per heavy atom. The molecule has 0 bridgehead atoms. The lowest BCUT2D eigenvalue weighted by Crippen LogP contribution is -2.13. The van der Waals surface area contributed by atoms with Crippen molar-refractivity contribution >= 4 is 27.9 Å². The van der Waals surface area contributed by atoms with Crippen LogP contribution in [0, 0.1) is 0 Å². The number of aromatic nitrogens is 4. The Morgan fingerprint density at radius 2 is 2.00 bits per heavy atom. The number of ether oxygens (including phenoxy) is 1. The third-order valence-corrected chi connectivity index (χ3v) is 5.70. The molecule has 0 saturated carbocycles. The molecule has 7 nitrogen and oxygen atoms in total. The van der Waals surface area contributed by atoms with Crippen LogP contribution in [0.15, 0.2) is 48.5 Å². The summed E-state index contributed by atoms with van der Waals surface area (Å²) >= 11 is 1.47. The van der Waals surface area contributed by atoms with E-state index in [1.165, 1.54) is 11.3 Å². The van der Waals surface area contributed by atoms with E-state index in [9.17, 15) is 4.79 Å². The van der Waals surface area contributed by atoms with Crippen LogP contribution >= 0.6 is 11.3 Å². The first-order valence-electron chi connectivity index (χ1n) is 9.97. The van der Waals surface area contributed by atoms with Gasteiger partial charge in [-0.3, -0.25) is 4.79 Å². The van der Waals surface area contributed by atoms with Gasteiger partial charge < -0.3 is 10.1 Å². The molecular formula is C22H23N5O2S. The second kappa shape index (κ2) is 8.62. The highest BCUT2D eigenvalue weighted by Gasteiger charge is 2.13. The van der Waals surface area contributed by atoms with Crippen molar-refractivity contribution in [2.75, 3.05) is 5.32 Å². The van der Waals surface area contributed by atoms with Crippen molar-refractivity contribution < 1.29 is 9.53 Å². The van der Waals surface area contributed by atoms with E-state index < -0.39 is 0 Å². The topological polar surface area (TPSA) is 81.4 Å². The van der Waals surface area contributed by atoms with Gasteiger partial charge in [0.2, 0.25) is 4.96 Å². The summed E-state index contributed by atoms with van der Waals surface area (Å²) in [5.74, 6) is 1.34. The SMILES string of the molecule is CCc1nnc2sc(-c3cccc(NC(=O)c4cccc(O[C@@H](C)CC)c4)c3)nn12. The average molecular weight is 422 g/mol. The van der Waals surface area contributed by atoms with E-state index in [4.69, 9.17) is 4.74 Å². The highest BCUT2D eigenvalue weighted by atomic mass is 32.1. The summed E-state index contributed by atoms with van der Waals surface area (Å²) in [5.41, 5.74) is 2.17. The van der Waals surface area contributed by atoms with Crippen LogP contribution in [-0.2, 0) is 6.42 Å². The van der Waals surface area contributed by atoms with Crippen LogP contribution in [0.25, 0.3) is 15.5 Å². The maximum atomic E-state index is 12.8. The van der Waals surface area contributed by atoms with Crippen LogP contribution in [0.3, 0.4) is 0 Å². The molecule has 0 spiro atoms. The van der Waals surface area contributed by atoms with Gasteiger partial charge in [0.05, 0.1) is 6.10 Å². The van der Waals surface area contributed by atoms with E-state index >= 15 is 0 Å². The first-order chi connectivity index (χ1) is 14.6. The van der Waals surface area contributed by atoms with Crippen LogP contribution in [-0.4, -0.2) is 31.8 Å². The Labute approximate surface area is 178 Å². The number of aryl methyl sites for hydroxylation is 1. The first-order valence-corrected chi connectivity index (χ1v) is 10.8. The number of nitrogens with one attached hydrogen (secondary N) is 1. The molecule has 0 aliphatic rings.